The molecule has 0 aromatic carbocycles. The molecule has 0 aliphatic carbocycles. The molecule has 1 aliphatic heterocycles. The topological polar surface area (TPSA) is 189 Å². The van der Waals surface area contributed by atoms with E-state index in [2.05, 4.69) is 28.4 Å². The quantitative estimate of drug-likeness (QED) is 0.0251. The van der Waals surface area contributed by atoms with Crippen molar-refractivity contribution in [2.75, 3.05) is 93.3 Å². The molecule has 1 rings (SSSR count). The fourth-order valence-corrected chi connectivity index (χ4v) is 4.22. The maximum Gasteiger partial charge on any atom is 0.234 e. The summed E-state index contributed by atoms with van der Waals surface area (Å²) >= 11 is 0. The second-order valence-corrected chi connectivity index (χ2v) is 10.8. The van der Waals surface area contributed by atoms with Crippen molar-refractivity contribution in [1.82, 2.24) is 25.9 Å². The predicted octanol–water partition coefficient (Wildman–Crippen LogP) is -1.72. The molecule has 0 aromatic rings. The van der Waals surface area contributed by atoms with Crippen molar-refractivity contribution in [3.05, 3.63) is 0 Å². The first-order valence-electron chi connectivity index (χ1n) is 14.8. The van der Waals surface area contributed by atoms with Gasteiger partial charge in [-0.2, -0.15) is 0 Å². The Labute approximate surface area is 252 Å². The van der Waals surface area contributed by atoms with Crippen molar-refractivity contribution in [1.29, 1.82) is 0 Å². The van der Waals surface area contributed by atoms with Crippen LogP contribution >= 0.6 is 0 Å². The van der Waals surface area contributed by atoms with Gasteiger partial charge in [0.2, 0.25) is 12.3 Å². The molecule has 1 saturated heterocycles. The summed E-state index contributed by atoms with van der Waals surface area (Å²) in [4.78, 5) is 59.6. The fourth-order valence-electron chi connectivity index (χ4n) is 4.22. The highest BCUT2D eigenvalue weighted by molar-refractivity contribution is 5.85. The summed E-state index contributed by atoms with van der Waals surface area (Å²) in [5.41, 5.74) is 7.07. The number of hydrogen-bond acceptors (Lipinski definition) is 11. The molecular weight excluding hydrogens is 544 g/mol. The number of aldehydes is 1. The van der Waals surface area contributed by atoms with Crippen LogP contribution in [0, 0.1) is 0 Å². The molecule has 246 valence electrons. The molecule has 1 fully saturated rings. The van der Waals surface area contributed by atoms with Gasteiger partial charge in [-0.3, -0.25) is 34.4 Å². The van der Waals surface area contributed by atoms with Crippen LogP contribution in [0.1, 0.15) is 46.5 Å². The van der Waals surface area contributed by atoms with Crippen molar-refractivity contribution in [2.45, 2.75) is 58.5 Å². The fraction of sp³-hybridized carbons (Fsp3) is 0.821. The van der Waals surface area contributed by atoms with Gasteiger partial charge in [-0.15, -0.1) is 0 Å². The second-order valence-electron chi connectivity index (χ2n) is 10.8. The van der Waals surface area contributed by atoms with E-state index in [1.54, 1.807) is 5.43 Å². The van der Waals surface area contributed by atoms with Gasteiger partial charge in [0.05, 0.1) is 52.7 Å². The SMILES string of the molecule is CC(N)CCC=O.CCN(C)CC(=O)C[C@H]1CC(=O)C[N+]1(C)CCN(CC)CC(=O)NCCOCCNC.NNC=O. The highest BCUT2D eigenvalue weighted by Gasteiger charge is 2.43. The zero-order valence-corrected chi connectivity index (χ0v) is 26.9. The second kappa shape index (κ2) is 26.3. The summed E-state index contributed by atoms with van der Waals surface area (Å²) in [6, 6.07) is 0.206. The summed E-state index contributed by atoms with van der Waals surface area (Å²) in [6.07, 6.45) is 3.61. The summed E-state index contributed by atoms with van der Waals surface area (Å²) < 4.78 is 5.99. The Balaban J connectivity index is 0. The molecule has 2 unspecified atom stereocenters. The lowest BCUT2D eigenvalue weighted by molar-refractivity contribution is -0.916. The molecule has 1 aliphatic rings. The molecule has 0 saturated carbocycles. The Kier molecular flexibility index (Phi) is 26.2. The van der Waals surface area contributed by atoms with Crippen molar-refractivity contribution in [3.8, 4) is 0 Å². The number of amides is 2. The number of nitrogens with one attached hydrogen (secondary N) is 3. The van der Waals surface area contributed by atoms with Gasteiger partial charge < -0.3 is 30.4 Å². The van der Waals surface area contributed by atoms with Crippen molar-refractivity contribution >= 4 is 30.2 Å². The van der Waals surface area contributed by atoms with Gasteiger partial charge in [-0.05, 0) is 40.5 Å². The van der Waals surface area contributed by atoms with Gasteiger partial charge in [0, 0.05) is 32.1 Å². The van der Waals surface area contributed by atoms with Crippen molar-refractivity contribution < 1.29 is 33.2 Å². The van der Waals surface area contributed by atoms with Gasteiger partial charge in [0.25, 0.3) is 0 Å². The lowest BCUT2D eigenvalue weighted by atomic mass is 10.1. The normalized spacial score (nSPS) is 18.4. The van der Waals surface area contributed by atoms with E-state index < -0.39 is 0 Å². The highest BCUT2D eigenvalue weighted by atomic mass is 16.5. The van der Waals surface area contributed by atoms with Gasteiger partial charge in [0.1, 0.15) is 18.9 Å². The van der Waals surface area contributed by atoms with Crippen LogP contribution in [0.4, 0.5) is 0 Å². The number of carbonyl (C=O) groups excluding carboxylic acids is 5. The number of quaternary nitrogens is 1. The largest absolute Gasteiger partial charge is 0.378 e. The van der Waals surface area contributed by atoms with E-state index in [1.165, 1.54) is 0 Å². The van der Waals surface area contributed by atoms with E-state index >= 15 is 0 Å². The Bertz CT molecular complexity index is 758. The maximum atomic E-state index is 12.4. The highest BCUT2D eigenvalue weighted by Crippen LogP contribution is 2.25. The number of likely N-dealkylation sites (tertiary alicyclic amines) is 1. The summed E-state index contributed by atoms with van der Waals surface area (Å²) in [5.74, 6) is 4.81. The first-order valence-corrected chi connectivity index (χ1v) is 14.8. The molecule has 0 spiro atoms. The molecule has 42 heavy (non-hydrogen) atoms. The third kappa shape index (κ3) is 22.3. The number of nitrogens with two attached hydrogens (primary N) is 2. The minimum atomic E-state index is -0.0199. The molecular formula is C28H59N8O6+. The van der Waals surface area contributed by atoms with Crippen LogP contribution in [-0.2, 0) is 28.7 Å². The van der Waals surface area contributed by atoms with Gasteiger partial charge >= 0.3 is 0 Å². The minimum Gasteiger partial charge on any atom is -0.378 e. The van der Waals surface area contributed by atoms with Crippen LogP contribution < -0.4 is 27.6 Å². The molecule has 0 bridgehead atoms. The monoisotopic (exact) mass is 603 g/mol. The van der Waals surface area contributed by atoms with Gasteiger partial charge in [-0.25, -0.2) is 5.84 Å². The minimum absolute atomic E-state index is 0.0199. The summed E-state index contributed by atoms with van der Waals surface area (Å²) in [7, 11) is 5.88. The van der Waals surface area contributed by atoms with E-state index in [1.807, 2.05) is 39.8 Å². The Morgan fingerprint density at radius 2 is 1.81 bits per heavy atom. The van der Waals surface area contributed by atoms with Crippen molar-refractivity contribution in [2.24, 2.45) is 11.6 Å². The average molecular weight is 604 g/mol. The number of hydrazine groups is 1. The number of ketones is 2. The number of nitrogens with zero attached hydrogens (tertiary/aromatic N) is 3. The number of Topliss-reactive ketones (excluding diaryl/α,β-unsaturated/α-hetero) is 2. The molecule has 1 heterocycles. The number of likely N-dealkylation sites (N-methyl/N-ethyl adjacent to an activating group) is 4. The van der Waals surface area contributed by atoms with E-state index in [0.29, 0.717) is 76.1 Å². The zero-order chi connectivity index (χ0) is 32.4. The Hall–Kier alpha value is -2.33. The lowest BCUT2D eigenvalue weighted by Crippen LogP contribution is -2.53. The lowest BCUT2D eigenvalue weighted by Gasteiger charge is -2.37. The van der Waals surface area contributed by atoms with Gasteiger partial charge in [0.15, 0.2) is 11.6 Å². The predicted molar refractivity (Wildman–Crippen MR) is 164 cm³/mol. The van der Waals surface area contributed by atoms with E-state index in [-0.39, 0.29) is 29.6 Å². The summed E-state index contributed by atoms with van der Waals surface area (Å²) in [5, 5.41) is 5.90. The van der Waals surface area contributed by atoms with Crippen LogP contribution in [0.25, 0.3) is 0 Å². The van der Waals surface area contributed by atoms with Gasteiger partial charge in [-0.1, -0.05) is 13.8 Å². The summed E-state index contributed by atoms with van der Waals surface area (Å²) in [6.45, 7) is 12.6. The average Bonchev–Trinajstić information content (AvgIpc) is 3.23. The number of carbonyl (C=O) groups is 5. The maximum absolute atomic E-state index is 12.4. The molecule has 2 amide bonds. The third-order valence-corrected chi connectivity index (χ3v) is 6.95. The van der Waals surface area contributed by atoms with E-state index in [0.717, 1.165) is 38.9 Å². The number of ether oxygens (including phenoxy) is 1. The molecule has 14 nitrogen and oxygen atoms in total. The van der Waals surface area contributed by atoms with Crippen LogP contribution in [0.2, 0.25) is 0 Å². The molecule has 0 aromatic heterocycles. The molecule has 7 N–H and O–H groups in total. The Morgan fingerprint density at radius 1 is 1.17 bits per heavy atom. The molecule has 3 atom stereocenters. The van der Waals surface area contributed by atoms with Crippen LogP contribution in [-0.4, -0.2) is 150 Å². The van der Waals surface area contributed by atoms with Crippen LogP contribution in [0.3, 0.4) is 0 Å². The molecule has 0 radical (unpaired) electrons. The first-order chi connectivity index (χ1) is 19.9. The number of hydrogen-bond donors (Lipinski definition) is 5. The smallest absolute Gasteiger partial charge is 0.234 e. The van der Waals surface area contributed by atoms with Crippen molar-refractivity contribution in [3.63, 3.8) is 0 Å². The van der Waals surface area contributed by atoms with E-state index in [9.17, 15) is 19.2 Å². The number of rotatable bonds is 21. The standard InChI is InChI=1S/C22H43N5O4.C5H11NO.CH4N2O/c1-6-25(4)16-20(28)14-19-15-21(29)18-27(19,5)11-10-26(7-2)17-22(30)24-9-13-31-12-8-23-3;1-5(6)3-2-4-7;2-3-1-4/h19,23H,6-18H2,1-5H3;4-5H,2-3,6H2,1H3;1H,2H2,(H,3,4)/p+1/t19-,27?;;/m0../s1. The third-order valence-electron chi connectivity index (χ3n) is 6.95. The first kappa shape index (κ1) is 41.8. The van der Waals surface area contributed by atoms with Crippen LogP contribution in [0.15, 0.2) is 0 Å². The van der Waals surface area contributed by atoms with Crippen LogP contribution in [0.5, 0.6) is 0 Å². The Morgan fingerprint density at radius 3 is 2.31 bits per heavy atom. The molecule has 14 heteroatoms. The van der Waals surface area contributed by atoms with E-state index in [4.69, 9.17) is 15.3 Å². The zero-order valence-electron chi connectivity index (χ0n) is 26.9.